The average Bonchev–Trinajstić information content (AvgIpc) is 2.58. The molecule has 0 unspecified atom stereocenters. The van der Waals surface area contributed by atoms with Gasteiger partial charge in [0.1, 0.15) is 5.82 Å². The molecule has 0 aliphatic rings. The molecule has 2 aromatic carbocycles. The van der Waals surface area contributed by atoms with Gasteiger partial charge >= 0.3 is 0 Å². The van der Waals surface area contributed by atoms with E-state index in [1.807, 2.05) is 61.0 Å². The predicted octanol–water partition coefficient (Wildman–Crippen LogP) is 5.12. The van der Waals surface area contributed by atoms with Crippen molar-refractivity contribution in [1.82, 2.24) is 4.98 Å². The van der Waals surface area contributed by atoms with E-state index >= 15 is 0 Å². The number of hydrogen-bond donors (Lipinski definition) is 0. The third-order valence-electron chi connectivity index (χ3n) is 3.69. The molecule has 3 heteroatoms. The van der Waals surface area contributed by atoms with Crippen LogP contribution in [0, 0.1) is 5.82 Å². The smallest absolute Gasteiger partial charge is 0.127 e. The fourth-order valence-electron chi connectivity index (χ4n) is 2.68. The molecule has 0 saturated heterocycles. The van der Waals surface area contributed by atoms with Crippen molar-refractivity contribution in [3.8, 4) is 0 Å². The highest BCUT2D eigenvalue weighted by molar-refractivity contribution is 7.98. The minimum Gasteiger partial charge on any atom is -0.264 e. The second kappa shape index (κ2) is 6.75. The third-order valence-corrected chi connectivity index (χ3v) is 4.50. The first-order valence-electron chi connectivity index (χ1n) is 7.08. The standard InChI is InChI=1S/C19H16FNS/c1-22-18-11-12-21-13-16(18)19(14-7-3-2-4-8-14)15-9-5-6-10-17(15)20/h2-13,19H,1H3/t19-/m1/s1. The van der Waals surface area contributed by atoms with Crippen LogP contribution in [0.2, 0.25) is 0 Å². The lowest BCUT2D eigenvalue weighted by molar-refractivity contribution is 0.605. The number of nitrogens with zero attached hydrogens (tertiary/aromatic N) is 1. The monoisotopic (exact) mass is 309 g/mol. The predicted molar refractivity (Wildman–Crippen MR) is 89.8 cm³/mol. The summed E-state index contributed by atoms with van der Waals surface area (Å²) in [6.07, 6.45) is 5.65. The van der Waals surface area contributed by atoms with Gasteiger partial charge in [-0.2, -0.15) is 0 Å². The summed E-state index contributed by atoms with van der Waals surface area (Å²) >= 11 is 1.66. The molecule has 0 spiro atoms. The average molecular weight is 309 g/mol. The van der Waals surface area contributed by atoms with Gasteiger partial charge in [0.2, 0.25) is 0 Å². The number of aromatic nitrogens is 1. The van der Waals surface area contributed by atoms with E-state index in [9.17, 15) is 4.39 Å². The van der Waals surface area contributed by atoms with Crippen molar-refractivity contribution in [2.75, 3.05) is 6.26 Å². The van der Waals surface area contributed by atoms with E-state index in [1.165, 1.54) is 6.07 Å². The first-order valence-corrected chi connectivity index (χ1v) is 8.31. The van der Waals surface area contributed by atoms with Gasteiger partial charge in [0.25, 0.3) is 0 Å². The number of benzene rings is 2. The van der Waals surface area contributed by atoms with E-state index in [1.54, 1.807) is 24.0 Å². The van der Waals surface area contributed by atoms with E-state index in [0.29, 0.717) is 5.56 Å². The number of hydrogen-bond acceptors (Lipinski definition) is 2. The fourth-order valence-corrected chi connectivity index (χ4v) is 3.28. The molecule has 1 nitrogen and oxygen atoms in total. The fraction of sp³-hybridized carbons (Fsp3) is 0.105. The molecule has 0 saturated carbocycles. The molecule has 0 aliphatic carbocycles. The molecule has 1 aromatic heterocycles. The minimum absolute atomic E-state index is 0.154. The molecule has 110 valence electrons. The molecule has 3 aromatic rings. The van der Waals surface area contributed by atoms with Gasteiger partial charge in [0.15, 0.2) is 0 Å². The molecule has 0 amide bonds. The summed E-state index contributed by atoms with van der Waals surface area (Å²) < 4.78 is 14.4. The molecule has 0 radical (unpaired) electrons. The molecule has 0 bridgehead atoms. The van der Waals surface area contributed by atoms with Gasteiger partial charge in [-0.1, -0.05) is 48.5 Å². The SMILES string of the molecule is CSc1ccncc1[C@H](c1ccccc1)c1ccccc1F. The molecule has 0 aliphatic heterocycles. The van der Waals surface area contributed by atoms with Crippen LogP contribution < -0.4 is 0 Å². The zero-order valence-electron chi connectivity index (χ0n) is 12.2. The number of pyridine rings is 1. The molecule has 3 rings (SSSR count). The second-order valence-corrected chi connectivity index (χ2v) is 5.83. The molecular weight excluding hydrogens is 293 g/mol. The molecule has 22 heavy (non-hydrogen) atoms. The number of halogens is 1. The lowest BCUT2D eigenvalue weighted by atomic mass is 9.85. The van der Waals surface area contributed by atoms with Crippen molar-refractivity contribution in [2.45, 2.75) is 10.8 Å². The van der Waals surface area contributed by atoms with Crippen LogP contribution in [0.5, 0.6) is 0 Å². The minimum atomic E-state index is -0.188. The largest absolute Gasteiger partial charge is 0.264 e. The van der Waals surface area contributed by atoms with Crippen LogP contribution in [0.4, 0.5) is 4.39 Å². The van der Waals surface area contributed by atoms with Crippen molar-refractivity contribution in [3.63, 3.8) is 0 Å². The summed E-state index contributed by atoms with van der Waals surface area (Å²) in [5, 5.41) is 0. The summed E-state index contributed by atoms with van der Waals surface area (Å²) in [6.45, 7) is 0. The van der Waals surface area contributed by atoms with Crippen LogP contribution >= 0.6 is 11.8 Å². The Morgan fingerprint density at radius 3 is 2.36 bits per heavy atom. The van der Waals surface area contributed by atoms with Gasteiger partial charge in [0, 0.05) is 23.2 Å². The molecular formula is C19H16FNS. The Bertz CT molecular complexity index is 758. The Morgan fingerprint density at radius 2 is 1.64 bits per heavy atom. The topological polar surface area (TPSA) is 12.9 Å². The highest BCUT2D eigenvalue weighted by atomic mass is 32.2. The van der Waals surface area contributed by atoms with Crippen LogP contribution in [-0.4, -0.2) is 11.2 Å². The Morgan fingerprint density at radius 1 is 0.909 bits per heavy atom. The van der Waals surface area contributed by atoms with E-state index in [0.717, 1.165) is 16.0 Å². The Kier molecular flexibility index (Phi) is 4.54. The maximum Gasteiger partial charge on any atom is 0.127 e. The van der Waals surface area contributed by atoms with Crippen LogP contribution in [-0.2, 0) is 0 Å². The van der Waals surface area contributed by atoms with Crippen molar-refractivity contribution in [3.05, 3.63) is 95.6 Å². The summed E-state index contributed by atoms with van der Waals surface area (Å²) in [5.41, 5.74) is 2.78. The molecule has 0 N–H and O–H groups in total. The molecule has 0 fully saturated rings. The Balaban J connectivity index is 2.22. The van der Waals surface area contributed by atoms with Gasteiger partial charge in [0.05, 0.1) is 0 Å². The quantitative estimate of drug-likeness (QED) is 0.620. The first-order chi connectivity index (χ1) is 10.8. The molecule has 1 atom stereocenters. The van der Waals surface area contributed by atoms with Gasteiger partial charge in [-0.25, -0.2) is 4.39 Å². The van der Waals surface area contributed by atoms with Crippen LogP contribution in [0.15, 0.2) is 78.0 Å². The normalized spacial score (nSPS) is 12.1. The van der Waals surface area contributed by atoms with E-state index in [4.69, 9.17) is 0 Å². The van der Waals surface area contributed by atoms with Crippen molar-refractivity contribution < 1.29 is 4.39 Å². The highest BCUT2D eigenvalue weighted by Crippen LogP contribution is 2.37. The van der Waals surface area contributed by atoms with Crippen molar-refractivity contribution >= 4 is 11.8 Å². The zero-order valence-corrected chi connectivity index (χ0v) is 13.1. The summed E-state index contributed by atoms with van der Waals surface area (Å²) in [6, 6.07) is 19.0. The van der Waals surface area contributed by atoms with Crippen LogP contribution in [0.3, 0.4) is 0 Å². The highest BCUT2D eigenvalue weighted by Gasteiger charge is 2.22. The first kappa shape index (κ1) is 14.8. The lowest BCUT2D eigenvalue weighted by Gasteiger charge is -2.21. The number of rotatable bonds is 4. The van der Waals surface area contributed by atoms with Crippen LogP contribution in [0.25, 0.3) is 0 Å². The lowest BCUT2D eigenvalue weighted by Crippen LogP contribution is -2.07. The maximum atomic E-state index is 14.4. The van der Waals surface area contributed by atoms with Crippen LogP contribution in [0.1, 0.15) is 22.6 Å². The van der Waals surface area contributed by atoms with Gasteiger partial charge in [-0.3, -0.25) is 4.98 Å². The summed E-state index contributed by atoms with van der Waals surface area (Å²) in [4.78, 5) is 5.38. The maximum absolute atomic E-state index is 14.4. The zero-order chi connectivity index (χ0) is 15.4. The number of thioether (sulfide) groups is 1. The van der Waals surface area contributed by atoms with Crippen molar-refractivity contribution in [1.29, 1.82) is 0 Å². The Labute approximate surface area is 134 Å². The summed E-state index contributed by atoms with van der Waals surface area (Å²) in [5.74, 6) is -0.342. The van der Waals surface area contributed by atoms with Gasteiger partial charge in [-0.15, -0.1) is 11.8 Å². The van der Waals surface area contributed by atoms with E-state index in [2.05, 4.69) is 4.98 Å². The van der Waals surface area contributed by atoms with Gasteiger partial charge < -0.3 is 0 Å². The Hall–Kier alpha value is -2.13. The third kappa shape index (κ3) is 2.90. The second-order valence-electron chi connectivity index (χ2n) is 4.98. The van der Waals surface area contributed by atoms with Gasteiger partial charge in [-0.05, 0) is 35.1 Å². The molecule has 1 heterocycles. The van der Waals surface area contributed by atoms with E-state index in [-0.39, 0.29) is 11.7 Å². The van der Waals surface area contributed by atoms with E-state index < -0.39 is 0 Å². The summed E-state index contributed by atoms with van der Waals surface area (Å²) in [7, 11) is 0. The van der Waals surface area contributed by atoms with Crippen molar-refractivity contribution in [2.24, 2.45) is 0 Å².